The molecule has 0 bridgehead atoms. The number of methoxy groups -OCH3 is 1. The van der Waals surface area contributed by atoms with Gasteiger partial charge in [0.1, 0.15) is 17.3 Å². The van der Waals surface area contributed by atoms with Crippen LogP contribution in [0.5, 0.6) is 11.5 Å². The highest BCUT2D eigenvalue weighted by atomic mass is 19.1. The van der Waals surface area contributed by atoms with Crippen molar-refractivity contribution in [3.8, 4) is 11.5 Å². The second-order valence-corrected chi connectivity index (χ2v) is 8.18. The number of rotatable bonds is 7. The van der Waals surface area contributed by atoms with Crippen molar-refractivity contribution in [3.05, 3.63) is 60.0 Å². The molecule has 160 valence electrons. The van der Waals surface area contributed by atoms with E-state index in [-0.39, 0.29) is 11.9 Å². The van der Waals surface area contributed by atoms with Crippen LogP contribution in [0, 0.1) is 12.7 Å². The first kappa shape index (κ1) is 20.7. The highest BCUT2D eigenvalue weighted by Gasteiger charge is 2.18. The number of benzene rings is 2. The van der Waals surface area contributed by atoms with Gasteiger partial charge in [0.2, 0.25) is 0 Å². The zero-order chi connectivity index (χ0) is 20.9. The third-order valence-electron chi connectivity index (χ3n) is 6.04. The second kappa shape index (κ2) is 9.52. The Hall–Kier alpha value is -2.53. The van der Waals surface area contributed by atoms with E-state index in [1.807, 2.05) is 6.07 Å². The van der Waals surface area contributed by atoms with Crippen LogP contribution in [-0.4, -0.2) is 42.3 Å². The first-order valence-corrected chi connectivity index (χ1v) is 10.9. The molecule has 1 aliphatic rings. The number of para-hydroxylation sites is 1. The monoisotopic (exact) mass is 410 g/mol. The van der Waals surface area contributed by atoms with E-state index in [1.54, 1.807) is 19.2 Å². The van der Waals surface area contributed by atoms with Gasteiger partial charge in [0, 0.05) is 24.7 Å². The van der Waals surface area contributed by atoms with E-state index < -0.39 is 0 Å². The van der Waals surface area contributed by atoms with Gasteiger partial charge < -0.3 is 18.9 Å². The molecule has 0 saturated carbocycles. The Balaban J connectivity index is 1.30. The summed E-state index contributed by atoms with van der Waals surface area (Å²) in [5.74, 6) is 1.48. The largest absolute Gasteiger partial charge is 0.495 e. The minimum atomic E-state index is -0.224. The Morgan fingerprint density at radius 2 is 1.87 bits per heavy atom. The van der Waals surface area contributed by atoms with Crippen molar-refractivity contribution in [1.29, 1.82) is 0 Å². The van der Waals surface area contributed by atoms with Crippen LogP contribution in [0.2, 0.25) is 0 Å². The normalized spacial score (nSPS) is 17.8. The summed E-state index contributed by atoms with van der Waals surface area (Å²) < 4.78 is 27.1. The van der Waals surface area contributed by atoms with Crippen molar-refractivity contribution in [2.24, 2.45) is 0 Å². The molecule has 1 unspecified atom stereocenters. The van der Waals surface area contributed by atoms with Crippen LogP contribution in [0.15, 0.2) is 48.7 Å². The number of nitrogens with zero attached hydrogens (tertiary/aromatic N) is 2. The van der Waals surface area contributed by atoms with Crippen molar-refractivity contribution in [3.63, 3.8) is 0 Å². The predicted molar refractivity (Wildman–Crippen MR) is 119 cm³/mol. The van der Waals surface area contributed by atoms with Crippen LogP contribution in [0.1, 0.15) is 31.2 Å². The molecule has 30 heavy (non-hydrogen) atoms. The number of hydrogen-bond acceptors (Lipinski definition) is 3. The molecule has 5 heteroatoms. The van der Waals surface area contributed by atoms with Crippen LogP contribution in [0.3, 0.4) is 0 Å². The summed E-state index contributed by atoms with van der Waals surface area (Å²) in [5, 5.41) is 1.27. The molecule has 2 heterocycles. The van der Waals surface area contributed by atoms with E-state index in [2.05, 4.69) is 34.7 Å². The molecular formula is C25H31FN2O2. The average Bonchev–Trinajstić information content (AvgIpc) is 2.93. The van der Waals surface area contributed by atoms with E-state index in [0.29, 0.717) is 0 Å². The summed E-state index contributed by atoms with van der Waals surface area (Å²) in [5.41, 5.74) is 2.49. The van der Waals surface area contributed by atoms with Gasteiger partial charge in [-0.05, 0) is 81.6 Å². The minimum absolute atomic E-state index is 0.209. The summed E-state index contributed by atoms with van der Waals surface area (Å²) in [6.07, 6.45) is 6.74. The van der Waals surface area contributed by atoms with Crippen LogP contribution in [0.4, 0.5) is 4.39 Å². The number of ether oxygens (including phenoxy) is 2. The second-order valence-electron chi connectivity index (χ2n) is 8.18. The number of likely N-dealkylation sites (tertiary alicyclic amines) is 1. The van der Waals surface area contributed by atoms with Crippen LogP contribution in [-0.2, 0) is 6.54 Å². The Labute approximate surface area is 178 Å². The summed E-state index contributed by atoms with van der Waals surface area (Å²) in [6, 6.07) is 12.6. The van der Waals surface area contributed by atoms with Crippen molar-refractivity contribution in [1.82, 2.24) is 9.47 Å². The third kappa shape index (κ3) is 4.78. The summed E-state index contributed by atoms with van der Waals surface area (Å²) >= 11 is 0. The molecule has 1 atom stereocenters. The molecule has 1 saturated heterocycles. The molecular weight excluding hydrogens is 379 g/mol. The predicted octanol–water partition coefficient (Wildman–Crippen LogP) is 5.42. The van der Waals surface area contributed by atoms with Crippen molar-refractivity contribution in [2.75, 3.05) is 26.7 Å². The lowest BCUT2D eigenvalue weighted by Crippen LogP contribution is -2.27. The first-order chi connectivity index (χ1) is 14.6. The van der Waals surface area contributed by atoms with Gasteiger partial charge in [0.25, 0.3) is 0 Å². The van der Waals surface area contributed by atoms with Gasteiger partial charge in [-0.15, -0.1) is 0 Å². The number of hydrogen-bond donors (Lipinski definition) is 0. The molecule has 3 aromatic rings. The zero-order valence-electron chi connectivity index (χ0n) is 17.9. The Kier molecular flexibility index (Phi) is 6.58. The van der Waals surface area contributed by atoms with E-state index in [0.717, 1.165) is 63.4 Å². The Bertz CT molecular complexity index is 967. The van der Waals surface area contributed by atoms with Crippen molar-refractivity contribution in [2.45, 2.75) is 45.3 Å². The fraction of sp³-hybridized carbons (Fsp3) is 0.440. The minimum Gasteiger partial charge on any atom is -0.495 e. The Morgan fingerprint density at radius 3 is 2.67 bits per heavy atom. The van der Waals surface area contributed by atoms with Crippen molar-refractivity contribution < 1.29 is 13.9 Å². The maximum absolute atomic E-state index is 13.1. The quantitative estimate of drug-likeness (QED) is 0.520. The Morgan fingerprint density at radius 1 is 1.03 bits per heavy atom. The summed E-state index contributed by atoms with van der Waals surface area (Å²) in [6.45, 7) is 6.38. The topological polar surface area (TPSA) is 26.6 Å². The molecule has 1 fully saturated rings. The van der Waals surface area contributed by atoms with Gasteiger partial charge in [-0.25, -0.2) is 4.39 Å². The van der Waals surface area contributed by atoms with Gasteiger partial charge in [-0.2, -0.15) is 0 Å². The highest BCUT2D eigenvalue weighted by Crippen LogP contribution is 2.29. The molecule has 4 nitrogen and oxygen atoms in total. The van der Waals surface area contributed by atoms with E-state index in [9.17, 15) is 4.39 Å². The number of halogens is 1. The lowest BCUT2D eigenvalue weighted by molar-refractivity contribution is 0.179. The molecule has 2 aromatic carbocycles. The van der Waals surface area contributed by atoms with Crippen molar-refractivity contribution >= 4 is 10.9 Å². The summed E-state index contributed by atoms with van der Waals surface area (Å²) in [4.78, 5) is 2.55. The van der Waals surface area contributed by atoms with E-state index in [1.165, 1.54) is 28.6 Å². The lowest BCUT2D eigenvalue weighted by atomic mass is 10.1. The first-order valence-electron chi connectivity index (χ1n) is 10.9. The standard InChI is InChI=1S/C25H31FN2O2/c1-19-18-28(25-23(19)7-3-8-24(25)29-2)16-5-15-27-14-4-6-21(13-17-27)30-22-11-9-20(26)10-12-22/h3,7-12,18,21H,4-6,13-17H2,1-2H3. The zero-order valence-corrected chi connectivity index (χ0v) is 17.9. The van der Waals surface area contributed by atoms with Gasteiger partial charge in [0.05, 0.1) is 18.7 Å². The molecule has 0 aliphatic carbocycles. The fourth-order valence-corrected chi connectivity index (χ4v) is 4.48. The third-order valence-corrected chi connectivity index (χ3v) is 6.04. The SMILES string of the molecule is COc1cccc2c(C)cn(CCCN3CCCC(Oc4ccc(F)cc4)CC3)c12. The summed E-state index contributed by atoms with van der Waals surface area (Å²) in [7, 11) is 1.74. The average molecular weight is 411 g/mol. The molecule has 4 rings (SSSR count). The van der Waals surface area contributed by atoms with Gasteiger partial charge >= 0.3 is 0 Å². The molecule has 0 N–H and O–H groups in total. The fourth-order valence-electron chi connectivity index (χ4n) is 4.48. The maximum Gasteiger partial charge on any atom is 0.143 e. The van der Waals surface area contributed by atoms with Gasteiger partial charge in [-0.1, -0.05) is 12.1 Å². The number of aryl methyl sites for hydroxylation is 2. The van der Waals surface area contributed by atoms with Gasteiger partial charge in [0.15, 0.2) is 0 Å². The van der Waals surface area contributed by atoms with Crippen LogP contribution < -0.4 is 9.47 Å². The maximum atomic E-state index is 13.1. The highest BCUT2D eigenvalue weighted by molar-refractivity contribution is 5.88. The lowest BCUT2D eigenvalue weighted by Gasteiger charge is -2.21. The van der Waals surface area contributed by atoms with E-state index in [4.69, 9.17) is 9.47 Å². The molecule has 0 spiro atoms. The number of fused-ring (bicyclic) bond motifs is 1. The van der Waals surface area contributed by atoms with Crippen LogP contribution in [0.25, 0.3) is 10.9 Å². The molecule has 1 aliphatic heterocycles. The molecule has 1 aromatic heterocycles. The molecule has 0 radical (unpaired) electrons. The molecule has 0 amide bonds. The van der Waals surface area contributed by atoms with E-state index >= 15 is 0 Å². The smallest absolute Gasteiger partial charge is 0.143 e. The van der Waals surface area contributed by atoms with Crippen LogP contribution >= 0.6 is 0 Å². The number of aromatic nitrogens is 1. The van der Waals surface area contributed by atoms with Gasteiger partial charge in [-0.3, -0.25) is 0 Å².